The van der Waals surface area contributed by atoms with Crippen molar-refractivity contribution in [3.8, 4) is 55.6 Å². The van der Waals surface area contributed by atoms with Gasteiger partial charge >= 0.3 is 0 Å². The van der Waals surface area contributed by atoms with Crippen molar-refractivity contribution in [2.75, 3.05) is 0 Å². The molecule has 0 saturated carbocycles. The molecule has 34 heavy (non-hydrogen) atoms. The van der Waals surface area contributed by atoms with Crippen molar-refractivity contribution >= 4 is 10.8 Å². The van der Waals surface area contributed by atoms with Gasteiger partial charge in [-0.1, -0.05) is 91.0 Å². The minimum absolute atomic E-state index is 1.13. The van der Waals surface area contributed by atoms with Crippen molar-refractivity contribution < 1.29 is 0 Å². The molecule has 158 valence electrons. The van der Waals surface area contributed by atoms with Crippen molar-refractivity contribution in [1.82, 2.24) is 4.98 Å². The molecule has 1 aliphatic rings. The molecule has 1 nitrogen and oxygen atoms in total. The van der Waals surface area contributed by atoms with Crippen molar-refractivity contribution in [2.24, 2.45) is 0 Å². The van der Waals surface area contributed by atoms with Gasteiger partial charge in [0.15, 0.2) is 0 Å². The molecule has 0 spiro atoms. The molecule has 1 aliphatic carbocycles. The molecule has 1 heterocycles. The maximum atomic E-state index is 4.26. The summed E-state index contributed by atoms with van der Waals surface area (Å²) in [6.45, 7) is 0. The van der Waals surface area contributed by atoms with Gasteiger partial charge in [0.1, 0.15) is 0 Å². The molecule has 7 rings (SSSR count). The maximum absolute atomic E-state index is 4.26. The van der Waals surface area contributed by atoms with Crippen LogP contribution in [-0.4, -0.2) is 4.98 Å². The highest BCUT2D eigenvalue weighted by molar-refractivity contribution is 6.16. The SMILES string of the molecule is c1cncc(-c2cccc(-c3ccc(-c4cc5c6c(cccc6c4)-c4ccccc4-5)cc3)c2)c1. The number of fused-ring (bicyclic) bond motifs is 3. The second-order valence-electron chi connectivity index (χ2n) is 8.87. The zero-order valence-corrected chi connectivity index (χ0v) is 18.6. The fourth-order valence-electron chi connectivity index (χ4n) is 5.25. The van der Waals surface area contributed by atoms with E-state index >= 15 is 0 Å². The van der Waals surface area contributed by atoms with Gasteiger partial charge in [-0.3, -0.25) is 4.98 Å². The number of hydrogen-bond acceptors (Lipinski definition) is 1. The molecule has 5 aromatic carbocycles. The van der Waals surface area contributed by atoms with Crippen molar-refractivity contribution in [3.05, 3.63) is 128 Å². The fourth-order valence-corrected chi connectivity index (χ4v) is 5.25. The summed E-state index contributed by atoms with van der Waals surface area (Å²) in [4.78, 5) is 4.26. The van der Waals surface area contributed by atoms with Crippen molar-refractivity contribution in [1.29, 1.82) is 0 Å². The van der Waals surface area contributed by atoms with Crippen LogP contribution in [0.5, 0.6) is 0 Å². The van der Waals surface area contributed by atoms with Gasteiger partial charge < -0.3 is 0 Å². The molecule has 0 unspecified atom stereocenters. The normalized spacial score (nSPS) is 11.5. The Bertz CT molecular complexity index is 1680. The molecular formula is C33H21N. The van der Waals surface area contributed by atoms with E-state index in [0.717, 1.165) is 5.56 Å². The molecular weight excluding hydrogens is 410 g/mol. The van der Waals surface area contributed by atoms with Gasteiger partial charge in [-0.2, -0.15) is 0 Å². The summed E-state index contributed by atoms with van der Waals surface area (Å²) in [5.41, 5.74) is 12.6. The molecule has 0 bridgehead atoms. The monoisotopic (exact) mass is 431 g/mol. The zero-order chi connectivity index (χ0) is 22.5. The van der Waals surface area contributed by atoms with Crippen LogP contribution in [0.25, 0.3) is 66.4 Å². The Morgan fingerprint density at radius 3 is 1.79 bits per heavy atom. The first kappa shape index (κ1) is 19.0. The van der Waals surface area contributed by atoms with Crippen LogP contribution in [0, 0.1) is 0 Å². The average molecular weight is 432 g/mol. The third kappa shape index (κ3) is 2.98. The van der Waals surface area contributed by atoms with E-state index in [1.54, 1.807) is 0 Å². The Labute approximate surface area is 199 Å². The number of nitrogens with zero attached hydrogens (tertiary/aromatic N) is 1. The number of aromatic nitrogens is 1. The van der Waals surface area contributed by atoms with Crippen LogP contribution in [0.3, 0.4) is 0 Å². The van der Waals surface area contributed by atoms with E-state index in [4.69, 9.17) is 0 Å². The first-order chi connectivity index (χ1) is 16.8. The second-order valence-corrected chi connectivity index (χ2v) is 8.87. The van der Waals surface area contributed by atoms with Gasteiger partial charge in [-0.15, -0.1) is 0 Å². The van der Waals surface area contributed by atoms with E-state index in [1.165, 1.54) is 60.8 Å². The summed E-state index contributed by atoms with van der Waals surface area (Å²) in [6.07, 6.45) is 3.72. The molecule has 6 aromatic rings. The van der Waals surface area contributed by atoms with Gasteiger partial charge in [0.25, 0.3) is 0 Å². The second kappa shape index (κ2) is 7.54. The van der Waals surface area contributed by atoms with Gasteiger partial charge in [-0.05, 0) is 85.1 Å². The summed E-state index contributed by atoms with van der Waals surface area (Å²) in [5, 5.41) is 2.67. The van der Waals surface area contributed by atoms with Gasteiger partial charge in [0.05, 0.1) is 0 Å². The first-order valence-electron chi connectivity index (χ1n) is 11.6. The van der Waals surface area contributed by atoms with E-state index in [1.807, 2.05) is 18.5 Å². The Hall–Kier alpha value is -4.49. The van der Waals surface area contributed by atoms with Crippen molar-refractivity contribution in [2.45, 2.75) is 0 Å². The lowest BCUT2D eigenvalue weighted by Gasteiger charge is -2.10. The summed E-state index contributed by atoms with van der Waals surface area (Å²) in [7, 11) is 0. The summed E-state index contributed by atoms with van der Waals surface area (Å²) in [5.74, 6) is 0. The van der Waals surface area contributed by atoms with Gasteiger partial charge in [-0.25, -0.2) is 0 Å². The van der Waals surface area contributed by atoms with Crippen LogP contribution in [0.2, 0.25) is 0 Å². The lowest BCUT2D eigenvalue weighted by molar-refractivity contribution is 1.33. The smallest absolute Gasteiger partial charge is 0.0346 e. The number of pyridine rings is 1. The summed E-state index contributed by atoms with van der Waals surface area (Å²) < 4.78 is 0. The highest BCUT2D eigenvalue weighted by atomic mass is 14.6. The van der Waals surface area contributed by atoms with E-state index in [-0.39, 0.29) is 0 Å². The highest BCUT2D eigenvalue weighted by Crippen LogP contribution is 2.48. The van der Waals surface area contributed by atoms with Crippen LogP contribution >= 0.6 is 0 Å². The molecule has 0 radical (unpaired) electrons. The Balaban J connectivity index is 1.29. The van der Waals surface area contributed by atoms with Gasteiger partial charge in [0, 0.05) is 18.0 Å². The Morgan fingerprint density at radius 1 is 0.382 bits per heavy atom. The van der Waals surface area contributed by atoms with E-state index in [9.17, 15) is 0 Å². The summed E-state index contributed by atoms with van der Waals surface area (Å²) >= 11 is 0. The lowest BCUT2D eigenvalue weighted by Crippen LogP contribution is -1.84. The van der Waals surface area contributed by atoms with Crippen LogP contribution in [0.4, 0.5) is 0 Å². The highest BCUT2D eigenvalue weighted by Gasteiger charge is 2.21. The molecule has 1 aromatic heterocycles. The number of rotatable bonds is 3. The fraction of sp³-hybridized carbons (Fsp3) is 0. The molecule has 0 N–H and O–H groups in total. The minimum Gasteiger partial charge on any atom is -0.264 e. The molecule has 1 heteroatoms. The van der Waals surface area contributed by atoms with Crippen molar-refractivity contribution in [3.63, 3.8) is 0 Å². The Morgan fingerprint density at radius 2 is 1.03 bits per heavy atom. The largest absolute Gasteiger partial charge is 0.264 e. The van der Waals surface area contributed by atoms with Crippen LogP contribution < -0.4 is 0 Å². The standard InChI is InChI=1S/C33H21N/c1-2-11-30-29(10-1)31-12-4-8-26-19-28(20-32(30)33(26)31)23-15-13-22(14-16-23)24-6-3-7-25(18-24)27-9-5-17-34-21-27/h1-21H. The van der Waals surface area contributed by atoms with E-state index in [0.29, 0.717) is 0 Å². The summed E-state index contributed by atoms with van der Waals surface area (Å²) in [6, 6.07) is 41.8. The maximum Gasteiger partial charge on any atom is 0.0346 e. The minimum atomic E-state index is 1.13. The molecule has 0 amide bonds. The molecule has 0 fully saturated rings. The number of benzene rings is 5. The number of hydrogen-bond donors (Lipinski definition) is 0. The zero-order valence-electron chi connectivity index (χ0n) is 18.6. The van der Waals surface area contributed by atoms with Crippen LogP contribution in [0.15, 0.2) is 128 Å². The molecule has 0 saturated heterocycles. The topological polar surface area (TPSA) is 12.9 Å². The predicted octanol–water partition coefficient (Wildman–Crippen LogP) is 8.88. The average Bonchev–Trinajstić information content (AvgIpc) is 3.24. The first-order valence-corrected chi connectivity index (χ1v) is 11.6. The Kier molecular flexibility index (Phi) is 4.22. The lowest BCUT2D eigenvalue weighted by atomic mass is 9.94. The third-order valence-corrected chi connectivity index (χ3v) is 6.89. The van der Waals surface area contributed by atoms with Crippen LogP contribution in [-0.2, 0) is 0 Å². The van der Waals surface area contributed by atoms with E-state index < -0.39 is 0 Å². The molecule has 0 atom stereocenters. The predicted molar refractivity (Wildman–Crippen MR) is 142 cm³/mol. The molecule has 0 aliphatic heterocycles. The third-order valence-electron chi connectivity index (χ3n) is 6.89. The van der Waals surface area contributed by atoms with Crippen LogP contribution in [0.1, 0.15) is 0 Å². The van der Waals surface area contributed by atoms with E-state index in [2.05, 4.69) is 114 Å². The van der Waals surface area contributed by atoms with Gasteiger partial charge in [0.2, 0.25) is 0 Å². The quantitative estimate of drug-likeness (QED) is 0.272.